The molecule has 1 amide bonds. The highest BCUT2D eigenvalue weighted by Gasteiger charge is 2.46. The van der Waals surface area contributed by atoms with Crippen LogP contribution in [0.5, 0.6) is 5.75 Å². The maximum Gasteiger partial charge on any atom is 0.410 e. The molecule has 48 heavy (non-hydrogen) atoms. The molecule has 7 heteroatoms. The largest absolute Gasteiger partial charge is 0.494 e. The fourth-order valence-corrected chi connectivity index (χ4v) is 8.77. The van der Waals surface area contributed by atoms with E-state index in [0.717, 1.165) is 12.2 Å². The fourth-order valence-electron chi connectivity index (χ4n) is 5.88. The Kier molecular flexibility index (Phi) is 12.6. The number of hydrogen-bond donors (Lipinski definition) is 0. The SMILES string of the molecule is Cc1ccc(S[C@@H]2CN(C(=O)OC(C)(C)C)C(C)[C@H](Sc3ccc(C)cc3)[C@H]2c2ccc(OCCCOCc3ccccc3)cc2)cc1. The summed E-state index contributed by atoms with van der Waals surface area (Å²) in [6.45, 7) is 14.6. The highest BCUT2D eigenvalue weighted by atomic mass is 32.2. The molecule has 4 atom stereocenters. The van der Waals surface area contributed by atoms with Gasteiger partial charge in [0, 0.05) is 45.2 Å². The number of rotatable bonds is 12. The Hall–Kier alpha value is -3.39. The Morgan fingerprint density at radius 3 is 2.00 bits per heavy atom. The molecule has 0 saturated carbocycles. The highest BCUT2D eigenvalue weighted by Crippen LogP contribution is 2.48. The van der Waals surface area contributed by atoms with Gasteiger partial charge in [-0.25, -0.2) is 4.79 Å². The van der Waals surface area contributed by atoms with Gasteiger partial charge >= 0.3 is 6.09 Å². The van der Waals surface area contributed by atoms with Crippen LogP contribution in [0.25, 0.3) is 0 Å². The van der Waals surface area contributed by atoms with Crippen molar-refractivity contribution in [2.75, 3.05) is 19.8 Å². The van der Waals surface area contributed by atoms with Gasteiger partial charge in [0.2, 0.25) is 0 Å². The summed E-state index contributed by atoms with van der Waals surface area (Å²) in [4.78, 5) is 18.0. The van der Waals surface area contributed by atoms with Crippen LogP contribution in [0, 0.1) is 13.8 Å². The third-order valence-corrected chi connectivity index (χ3v) is 11.2. The Bertz CT molecular complexity index is 1570. The van der Waals surface area contributed by atoms with Gasteiger partial charge in [-0.3, -0.25) is 0 Å². The van der Waals surface area contributed by atoms with E-state index in [1.54, 1.807) is 0 Å². The first-order chi connectivity index (χ1) is 23.1. The fraction of sp³-hybridized carbons (Fsp3) is 0.390. The summed E-state index contributed by atoms with van der Waals surface area (Å²) in [5.74, 6) is 1.02. The van der Waals surface area contributed by atoms with E-state index in [9.17, 15) is 4.79 Å². The number of aryl methyl sites for hydroxylation is 2. The van der Waals surface area contributed by atoms with Crippen molar-refractivity contribution in [1.29, 1.82) is 0 Å². The van der Waals surface area contributed by atoms with E-state index in [0.29, 0.717) is 26.4 Å². The van der Waals surface area contributed by atoms with Gasteiger partial charge in [0.15, 0.2) is 0 Å². The number of ether oxygens (including phenoxy) is 3. The molecule has 1 aliphatic heterocycles. The maximum absolute atomic E-state index is 13.7. The van der Waals surface area contributed by atoms with Gasteiger partial charge in [-0.05, 0) is 89.1 Å². The summed E-state index contributed by atoms with van der Waals surface area (Å²) in [7, 11) is 0. The van der Waals surface area contributed by atoms with Crippen molar-refractivity contribution in [1.82, 2.24) is 4.90 Å². The van der Waals surface area contributed by atoms with Crippen molar-refractivity contribution in [2.24, 2.45) is 0 Å². The van der Waals surface area contributed by atoms with E-state index in [2.05, 4.69) is 106 Å². The maximum atomic E-state index is 13.7. The molecule has 5 nitrogen and oxygen atoms in total. The van der Waals surface area contributed by atoms with Crippen LogP contribution in [-0.2, 0) is 16.1 Å². The van der Waals surface area contributed by atoms with Gasteiger partial charge < -0.3 is 19.1 Å². The molecule has 4 aromatic carbocycles. The summed E-state index contributed by atoms with van der Waals surface area (Å²) in [5.41, 5.74) is 4.32. The van der Waals surface area contributed by atoms with E-state index in [-0.39, 0.29) is 28.6 Å². The lowest BCUT2D eigenvalue weighted by Gasteiger charge is -2.48. The summed E-state index contributed by atoms with van der Waals surface area (Å²) < 4.78 is 17.9. The predicted molar refractivity (Wildman–Crippen MR) is 199 cm³/mol. The predicted octanol–water partition coefficient (Wildman–Crippen LogP) is 10.3. The zero-order valence-corrected chi connectivity index (χ0v) is 30.7. The lowest BCUT2D eigenvalue weighted by molar-refractivity contribution is 0.0120. The molecule has 1 unspecified atom stereocenters. The van der Waals surface area contributed by atoms with Crippen LogP contribution in [0.1, 0.15) is 62.3 Å². The molecule has 0 spiro atoms. The smallest absolute Gasteiger partial charge is 0.410 e. The minimum absolute atomic E-state index is 0.0576. The lowest BCUT2D eigenvalue weighted by Crippen LogP contribution is -2.57. The topological polar surface area (TPSA) is 48.0 Å². The molecule has 0 aromatic heterocycles. The van der Waals surface area contributed by atoms with Gasteiger partial charge in [-0.2, -0.15) is 0 Å². The number of piperidine rings is 1. The first-order valence-corrected chi connectivity index (χ1v) is 18.6. The van der Waals surface area contributed by atoms with E-state index in [1.165, 1.54) is 32.0 Å². The average molecular weight is 684 g/mol. The Balaban J connectivity index is 1.36. The quantitative estimate of drug-likeness (QED) is 0.139. The van der Waals surface area contributed by atoms with Crippen molar-refractivity contribution in [2.45, 2.75) is 92.4 Å². The van der Waals surface area contributed by atoms with E-state index in [4.69, 9.17) is 14.2 Å². The number of benzene rings is 4. The molecule has 0 N–H and O–H groups in total. The van der Waals surface area contributed by atoms with Crippen molar-refractivity contribution in [3.8, 4) is 5.75 Å². The monoisotopic (exact) mass is 683 g/mol. The summed E-state index contributed by atoms with van der Waals surface area (Å²) >= 11 is 3.71. The number of thioether (sulfide) groups is 2. The summed E-state index contributed by atoms with van der Waals surface area (Å²) in [6, 6.07) is 36.2. The molecular weight excluding hydrogens is 635 g/mol. The standard InChI is InChI=1S/C41H49NO4S2/c1-29-13-21-35(22-14-29)47-37-27-42(40(43)46-41(4,5)6)31(3)39(48-36-23-15-30(2)16-24-36)38(37)33-17-19-34(20-18-33)45-26-10-25-44-28-32-11-8-7-9-12-32/h7-9,11-24,31,37-39H,10,25-28H2,1-6H3/t31?,37-,38+,39+/m1/s1. The second-order valence-electron chi connectivity index (χ2n) is 13.6. The van der Waals surface area contributed by atoms with Crippen LogP contribution < -0.4 is 4.74 Å². The van der Waals surface area contributed by atoms with Gasteiger partial charge in [-0.1, -0.05) is 77.9 Å². The Morgan fingerprint density at radius 1 is 0.792 bits per heavy atom. The van der Waals surface area contributed by atoms with Gasteiger partial charge in [0.25, 0.3) is 0 Å². The molecule has 1 fully saturated rings. The molecule has 1 saturated heterocycles. The third kappa shape index (κ3) is 10.3. The number of nitrogens with zero attached hydrogens (tertiary/aromatic N) is 1. The Labute approximate surface area is 295 Å². The van der Waals surface area contributed by atoms with Crippen molar-refractivity contribution >= 4 is 29.6 Å². The number of amides is 1. The van der Waals surface area contributed by atoms with Crippen LogP contribution in [0.4, 0.5) is 4.79 Å². The van der Waals surface area contributed by atoms with Crippen molar-refractivity contribution in [3.05, 3.63) is 125 Å². The third-order valence-electron chi connectivity index (χ3n) is 8.41. The zero-order valence-electron chi connectivity index (χ0n) is 29.1. The normalized spacial score (nSPS) is 19.6. The number of carbonyl (C=O) groups excluding carboxylic acids is 1. The van der Waals surface area contributed by atoms with Crippen molar-refractivity contribution < 1.29 is 19.0 Å². The van der Waals surface area contributed by atoms with Crippen LogP contribution in [-0.4, -0.2) is 52.9 Å². The van der Waals surface area contributed by atoms with Crippen LogP contribution in [0.2, 0.25) is 0 Å². The summed E-state index contributed by atoms with van der Waals surface area (Å²) in [6.07, 6.45) is 0.564. The highest BCUT2D eigenvalue weighted by molar-refractivity contribution is 8.01. The first-order valence-electron chi connectivity index (χ1n) is 16.9. The molecule has 1 heterocycles. The van der Waals surface area contributed by atoms with Crippen LogP contribution in [0.3, 0.4) is 0 Å². The first kappa shape index (κ1) is 35.9. The zero-order chi connectivity index (χ0) is 34.1. The van der Waals surface area contributed by atoms with Gasteiger partial charge in [-0.15, -0.1) is 23.5 Å². The minimum atomic E-state index is -0.573. The molecule has 0 bridgehead atoms. The molecule has 5 rings (SSSR count). The summed E-state index contributed by atoms with van der Waals surface area (Å²) in [5, 5.41) is 0.193. The van der Waals surface area contributed by atoms with Crippen molar-refractivity contribution in [3.63, 3.8) is 0 Å². The van der Waals surface area contributed by atoms with Crippen LogP contribution in [0.15, 0.2) is 113 Å². The van der Waals surface area contributed by atoms with E-state index < -0.39 is 5.60 Å². The number of hydrogen-bond acceptors (Lipinski definition) is 6. The second-order valence-corrected chi connectivity index (χ2v) is 16.1. The minimum Gasteiger partial charge on any atom is -0.494 e. The van der Waals surface area contributed by atoms with Gasteiger partial charge in [0.05, 0.1) is 19.8 Å². The molecule has 0 radical (unpaired) electrons. The molecule has 254 valence electrons. The molecule has 4 aromatic rings. The molecular formula is C41H49NO4S2. The molecule has 0 aliphatic carbocycles. The second kappa shape index (κ2) is 16.8. The Morgan fingerprint density at radius 2 is 1.40 bits per heavy atom. The van der Waals surface area contributed by atoms with E-state index >= 15 is 0 Å². The van der Waals surface area contributed by atoms with Gasteiger partial charge in [0.1, 0.15) is 11.4 Å². The van der Waals surface area contributed by atoms with E-state index in [1.807, 2.05) is 67.4 Å². The lowest BCUT2D eigenvalue weighted by atomic mass is 9.84. The van der Waals surface area contributed by atoms with Crippen LogP contribution >= 0.6 is 23.5 Å². The number of carbonyl (C=O) groups is 1. The number of likely N-dealkylation sites (tertiary alicyclic amines) is 1. The molecule has 1 aliphatic rings. The average Bonchev–Trinajstić information content (AvgIpc) is 3.06.